The minimum absolute atomic E-state index is 0.171. The molecular weight excluding hydrogens is 270 g/mol. The molecule has 3 nitrogen and oxygen atoms in total. The van der Waals surface area contributed by atoms with Crippen LogP contribution in [0.5, 0.6) is 0 Å². The summed E-state index contributed by atoms with van der Waals surface area (Å²) in [6, 6.07) is 15.0. The van der Waals surface area contributed by atoms with Gasteiger partial charge in [-0.3, -0.25) is 4.40 Å². The Bertz CT molecular complexity index is 777. The van der Waals surface area contributed by atoms with Crippen molar-refractivity contribution in [1.29, 1.82) is 0 Å². The SMILES string of the molecule is CNCc1nc(-c2ccc(C(C)(C)C)cc2)n2ccccc12. The molecule has 0 radical (unpaired) electrons. The fourth-order valence-corrected chi connectivity index (χ4v) is 2.72. The average Bonchev–Trinajstić information content (AvgIpc) is 2.86. The lowest BCUT2D eigenvalue weighted by Gasteiger charge is -2.19. The van der Waals surface area contributed by atoms with Gasteiger partial charge in [0.05, 0.1) is 11.2 Å². The highest BCUT2D eigenvalue weighted by Crippen LogP contribution is 2.27. The molecule has 3 heteroatoms. The first kappa shape index (κ1) is 14.8. The van der Waals surface area contributed by atoms with Gasteiger partial charge in [-0.2, -0.15) is 0 Å². The summed E-state index contributed by atoms with van der Waals surface area (Å²) in [6.07, 6.45) is 2.08. The molecule has 2 heterocycles. The number of hydrogen-bond acceptors (Lipinski definition) is 2. The molecule has 0 spiro atoms. The van der Waals surface area contributed by atoms with E-state index < -0.39 is 0 Å². The minimum Gasteiger partial charge on any atom is -0.314 e. The number of fused-ring (bicyclic) bond motifs is 1. The zero-order chi connectivity index (χ0) is 15.7. The smallest absolute Gasteiger partial charge is 0.144 e. The maximum absolute atomic E-state index is 4.84. The van der Waals surface area contributed by atoms with Crippen LogP contribution in [0.2, 0.25) is 0 Å². The molecule has 3 aromatic rings. The van der Waals surface area contributed by atoms with Gasteiger partial charge in [-0.15, -0.1) is 0 Å². The van der Waals surface area contributed by atoms with E-state index in [1.165, 1.54) is 5.56 Å². The van der Waals surface area contributed by atoms with E-state index in [1.807, 2.05) is 13.1 Å². The number of aromatic nitrogens is 2. The second-order valence-corrected chi connectivity index (χ2v) is 6.70. The molecule has 0 bridgehead atoms. The number of rotatable bonds is 3. The molecule has 0 aliphatic rings. The molecule has 3 rings (SSSR count). The van der Waals surface area contributed by atoms with Crippen molar-refractivity contribution in [3.63, 3.8) is 0 Å². The van der Waals surface area contributed by atoms with Gasteiger partial charge in [0, 0.05) is 18.3 Å². The normalized spacial score (nSPS) is 12.0. The number of imidazole rings is 1. The molecule has 22 heavy (non-hydrogen) atoms. The van der Waals surface area contributed by atoms with Crippen molar-refractivity contribution >= 4 is 5.52 Å². The molecule has 0 saturated heterocycles. The van der Waals surface area contributed by atoms with Crippen molar-refractivity contribution in [2.24, 2.45) is 0 Å². The van der Waals surface area contributed by atoms with Crippen LogP contribution in [-0.4, -0.2) is 16.4 Å². The first-order valence-corrected chi connectivity index (χ1v) is 7.72. The highest BCUT2D eigenvalue weighted by Gasteiger charge is 2.15. The Kier molecular flexibility index (Phi) is 3.75. The molecule has 1 N–H and O–H groups in total. The van der Waals surface area contributed by atoms with Gasteiger partial charge >= 0.3 is 0 Å². The Hall–Kier alpha value is -2.13. The summed E-state index contributed by atoms with van der Waals surface area (Å²) in [4.78, 5) is 4.84. The predicted molar refractivity (Wildman–Crippen MR) is 92.1 cm³/mol. The summed E-state index contributed by atoms with van der Waals surface area (Å²) in [5.41, 5.74) is 4.90. The number of pyridine rings is 1. The van der Waals surface area contributed by atoms with Gasteiger partial charge in [0.2, 0.25) is 0 Å². The number of nitrogens with one attached hydrogen (secondary N) is 1. The highest BCUT2D eigenvalue weighted by molar-refractivity contribution is 5.65. The van der Waals surface area contributed by atoms with Crippen LogP contribution in [0, 0.1) is 0 Å². The topological polar surface area (TPSA) is 29.3 Å². The molecule has 1 aromatic carbocycles. The predicted octanol–water partition coefficient (Wildman–Crippen LogP) is 4.02. The third-order valence-corrected chi connectivity index (χ3v) is 3.98. The van der Waals surface area contributed by atoms with Crippen molar-refractivity contribution in [3.8, 4) is 11.4 Å². The maximum Gasteiger partial charge on any atom is 0.144 e. The van der Waals surface area contributed by atoms with Gasteiger partial charge in [0.1, 0.15) is 5.82 Å². The minimum atomic E-state index is 0.171. The first-order chi connectivity index (χ1) is 10.5. The lowest BCUT2D eigenvalue weighted by atomic mass is 9.87. The number of hydrogen-bond donors (Lipinski definition) is 1. The van der Waals surface area contributed by atoms with E-state index in [9.17, 15) is 0 Å². The monoisotopic (exact) mass is 293 g/mol. The molecule has 0 unspecified atom stereocenters. The first-order valence-electron chi connectivity index (χ1n) is 7.72. The molecule has 2 aromatic heterocycles. The van der Waals surface area contributed by atoms with E-state index in [0.29, 0.717) is 0 Å². The molecule has 0 saturated carbocycles. The number of nitrogens with zero attached hydrogens (tertiary/aromatic N) is 2. The van der Waals surface area contributed by atoms with Crippen molar-refractivity contribution in [2.75, 3.05) is 7.05 Å². The Balaban J connectivity index is 2.10. The molecular formula is C19H23N3. The summed E-state index contributed by atoms with van der Waals surface area (Å²) in [5.74, 6) is 1.00. The van der Waals surface area contributed by atoms with Crippen LogP contribution in [0.15, 0.2) is 48.7 Å². The van der Waals surface area contributed by atoms with Crippen LogP contribution in [0.25, 0.3) is 16.9 Å². The van der Waals surface area contributed by atoms with Gasteiger partial charge in [-0.05, 0) is 30.2 Å². The van der Waals surface area contributed by atoms with Crippen LogP contribution < -0.4 is 5.32 Å². The third kappa shape index (κ3) is 2.64. The summed E-state index contributed by atoms with van der Waals surface area (Å²) in [5, 5.41) is 3.19. The Morgan fingerprint density at radius 1 is 1.05 bits per heavy atom. The van der Waals surface area contributed by atoms with Crippen molar-refractivity contribution in [3.05, 3.63) is 59.9 Å². The zero-order valence-electron chi connectivity index (χ0n) is 13.7. The Labute approximate surface area is 132 Å². The highest BCUT2D eigenvalue weighted by atomic mass is 15.0. The maximum atomic E-state index is 4.84. The fraction of sp³-hybridized carbons (Fsp3) is 0.316. The second kappa shape index (κ2) is 5.58. The summed E-state index contributed by atoms with van der Waals surface area (Å²) >= 11 is 0. The van der Waals surface area contributed by atoms with Gasteiger partial charge in [-0.25, -0.2) is 4.98 Å². The molecule has 114 valence electrons. The van der Waals surface area contributed by atoms with E-state index in [-0.39, 0.29) is 5.41 Å². The standard InChI is InChI=1S/C19H23N3/c1-19(2,3)15-10-8-14(9-11-15)18-21-16(13-20-4)17-7-5-6-12-22(17)18/h5-12,20H,13H2,1-4H3. The van der Waals surface area contributed by atoms with Crippen molar-refractivity contribution in [2.45, 2.75) is 32.7 Å². The molecule has 0 atom stereocenters. The Morgan fingerprint density at radius 3 is 2.41 bits per heavy atom. The zero-order valence-corrected chi connectivity index (χ0v) is 13.7. The van der Waals surface area contributed by atoms with E-state index in [4.69, 9.17) is 4.98 Å². The van der Waals surface area contributed by atoms with E-state index in [0.717, 1.165) is 29.1 Å². The van der Waals surface area contributed by atoms with E-state index in [1.54, 1.807) is 0 Å². The molecule has 0 amide bonds. The Morgan fingerprint density at radius 2 is 1.77 bits per heavy atom. The van der Waals surface area contributed by atoms with Crippen LogP contribution in [0.3, 0.4) is 0 Å². The fourth-order valence-electron chi connectivity index (χ4n) is 2.72. The van der Waals surface area contributed by atoms with Gasteiger partial charge in [0.15, 0.2) is 0 Å². The second-order valence-electron chi connectivity index (χ2n) is 6.70. The molecule has 0 fully saturated rings. The van der Waals surface area contributed by atoms with E-state index >= 15 is 0 Å². The largest absolute Gasteiger partial charge is 0.314 e. The average molecular weight is 293 g/mol. The summed E-state index contributed by atoms with van der Waals surface area (Å²) in [7, 11) is 1.95. The number of benzene rings is 1. The van der Waals surface area contributed by atoms with Gasteiger partial charge in [0.25, 0.3) is 0 Å². The molecule has 0 aliphatic heterocycles. The van der Waals surface area contributed by atoms with Crippen molar-refractivity contribution in [1.82, 2.24) is 14.7 Å². The van der Waals surface area contributed by atoms with Crippen LogP contribution in [-0.2, 0) is 12.0 Å². The van der Waals surface area contributed by atoms with Gasteiger partial charge in [-0.1, -0.05) is 51.1 Å². The summed E-state index contributed by atoms with van der Waals surface area (Å²) < 4.78 is 2.17. The van der Waals surface area contributed by atoms with Crippen LogP contribution >= 0.6 is 0 Å². The quantitative estimate of drug-likeness (QED) is 0.790. The van der Waals surface area contributed by atoms with Crippen molar-refractivity contribution < 1.29 is 0 Å². The summed E-state index contributed by atoms with van der Waals surface area (Å²) in [6.45, 7) is 7.47. The lowest BCUT2D eigenvalue weighted by molar-refractivity contribution is 0.590. The van der Waals surface area contributed by atoms with Crippen LogP contribution in [0.1, 0.15) is 32.0 Å². The third-order valence-electron chi connectivity index (χ3n) is 3.98. The van der Waals surface area contributed by atoms with Crippen LogP contribution in [0.4, 0.5) is 0 Å². The molecule has 0 aliphatic carbocycles. The van der Waals surface area contributed by atoms with E-state index in [2.05, 4.69) is 73.1 Å². The lowest BCUT2D eigenvalue weighted by Crippen LogP contribution is -2.10. The van der Waals surface area contributed by atoms with Gasteiger partial charge < -0.3 is 5.32 Å².